The average Bonchev–Trinajstić information content (AvgIpc) is 3.20. The molecule has 1 aromatic heterocycles. The summed E-state index contributed by atoms with van der Waals surface area (Å²) in [5.41, 5.74) is 1.83. The Labute approximate surface area is 221 Å². The van der Waals surface area contributed by atoms with E-state index in [9.17, 15) is 18.0 Å². The molecule has 200 valence electrons. The average molecular weight is 547 g/mol. The maximum Gasteiger partial charge on any atom is 0.279 e. The molecular formula is C26H34N4O5S2. The summed E-state index contributed by atoms with van der Waals surface area (Å²) in [4.78, 5) is 29.5. The summed E-state index contributed by atoms with van der Waals surface area (Å²) < 4.78 is 35.7. The van der Waals surface area contributed by atoms with Crippen LogP contribution in [0.4, 0.5) is 5.69 Å². The lowest BCUT2D eigenvalue weighted by molar-refractivity contribution is -0.114. The summed E-state index contributed by atoms with van der Waals surface area (Å²) >= 11 is 1.33. The molecule has 0 saturated heterocycles. The molecule has 9 nitrogen and oxygen atoms in total. The van der Waals surface area contributed by atoms with Gasteiger partial charge in [-0.05, 0) is 55.8 Å². The van der Waals surface area contributed by atoms with Crippen LogP contribution in [0.3, 0.4) is 0 Å². The molecule has 1 N–H and O–H groups in total. The van der Waals surface area contributed by atoms with Crippen molar-refractivity contribution in [2.24, 2.45) is 4.99 Å². The summed E-state index contributed by atoms with van der Waals surface area (Å²) in [6, 6.07) is 11.4. The van der Waals surface area contributed by atoms with Crippen molar-refractivity contribution in [2.45, 2.75) is 52.0 Å². The fourth-order valence-electron chi connectivity index (χ4n) is 3.81. The van der Waals surface area contributed by atoms with Crippen molar-refractivity contribution in [1.29, 1.82) is 0 Å². The van der Waals surface area contributed by atoms with E-state index in [1.165, 1.54) is 46.8 Å². The van der Waals surface area contributed by atoms with Crippen LogP contribution in [0.25, 0.3) is 10.2 Å². The van der Waals surface area contributed by atoms with Crippen LogP contribution in [0.2, 0.25) is 0 Å². The molecule has 0 unspecified atom stereocenters. The van der Waals surface area contributed by atoms with E-state index in [1.807, 2.05) is 37.5 Å². The van der Waals surface area contributed by atoms with E-state index in [1.54, 1.807) is 6.07 Å². The number of benzene rings is 2. The molecule has 0 aliphatic rings. The molecule has 0 spiro atoms. The highest BCUT2D eigenvalue weighted by atomic mass is 32.2. The first-order valence-electron chi connectivity index (χ1n) is 12.4. The van der Waals surface area contributed by atoms with E-state index in [0.717, 1.165) is 23.1 Å². The third-order valence-corrected chi connectivity index (χ3v) is 8.75. The van der Waals surface area contributed by atoms with E-state index in [4.69, 9.17) is 4.74 Å². The molecular weight excluding hydrogens is 512 g/mol. The zero-order valence-corrected chi connectivity index (χ0v) is 23.3. The number of unbranched alkanes of at least 4 members (excludes halogenated alkanes) is 1. The SMILES string of the molecule is CCCCN(CC)S(=O)(=O)c1ccc(C(=O)N=c2sc3cc(NC(C)=O)ccc3n2CCOCC)cc1. The number of ether oxygens (including phenoxy) is 1. The quantitative estimate of drug-likeness (QED) is 0.342. The molecule has 0 saturated carbocycles. The molecule has 0 atom stereocenters. The van der Waals surface area contributed by atoms with Gasteiger partial charge in [0.25, 0.3) is 5.91 Å². The molecule has 37 heavy (non-hydrogen) atoms. The second-order valence-electron chi connectivity index (χ2n) is 8.39. The van der Waals surface area contributed by atoms with Gasteiger partial charge >= 0.3 is 0 Å². The van der Waals surface area contributed by atoms with Gasteiger partial charge in [0.05, 0.1) is 21.7 Å². The Morgan fingerprint density at radius 1 is 1.11 bits per heavy atom. The van der Waals surface area contributed by atoms with E-state index in [0.29, 0.717) is 48.9 Å². The number of carbonyl (C=O) groups excluding carboxylic acids is 2. The Kier molecular flexibility index (Phi) is 10.2. The third-order valence-electron chi connectivity index (χ3n) is 5.72. The maximum absolute atomic E-state index is 13.1. The molecule has 3 rings (SSSR count). The Balaban J connectivity index is 1.94. The molecule has 0 aliphatic carbocycles. The van der Waals surface area contributed by atoms with Crippen LogP contribution < -0.4 is 10.1 Å². The van der Waals surface area contributed by atoms with Crippen molar-refractivity contribution < 1.29 is 22.7 Å². The largest absolute Gasteiger partial charge is 0.380 e. The highest BCUT2D eigenvalue weighted by Gasteiger charge is 2.22. The van der Waals surface area contributed by atoms with Gasteiger partial charge in [-0.3, -0.25) is 9.59 Å². The van der Waals surface area contributed by atoms with Crippen LogP contribution in [0.1, 0.15) is 50.9 Å². The first-order chi connectivity index (χ1) is 17.7. The molecule has 11 heteroatoms. The second kappa shape index (κ2) is 13.1. The zero-order chi connectivity index (χ0) is 27.0. The number of thiazole rings is 1. The van der Waals surface area contributed by atoms with Crippen molar-refractivity contribution >= 4 is 49.1 Å². The van der Waals surface area contributed by atoms with E-state index < -0.39 is 15.9 Å². The Morgan fingerprint density at radius 3 is 2.46 bits per heavy atom. The number of nitrogens with zero attached hydrogens (tertiary/aromatic N) is 3. The van der Waals surface area contributed by atoms with E-state index in [-0.39, 0.29) is 10.8 Å². The summed E-state index contributed by atoms with van der Waals surface area (Å²) in [6.07, 6.45) is 1.69. The van der Waals surface area contributed by atoms with Crippen LogP contribution in [-0.4, -0.2) is 55.4 Å². The molecule has 3 aromatic rings. The van der Waals surface area contributed by atoms with Gasteiger partial charge in [-0.2, -0.15) is 9.30 Å². The van der Waals surface area contributed by atoms with Gasteiger partial charge in [0.1, 0.15) is 0 Å². The van der Waals surface area contributed by atoms with Crippen molar-refractivity contribution in [2.75, 3.05) is 31.6 Å². The molecule has 0 radical (unpaired) electrons. The predicted octanol–water partition coefficient (Wildman–Crippen LogP) is 4.25. The van der Waals surface area contributed by atoms with Crippen molar-refractivity contribution in [3.63, 3.8) is 0 Å². The number of carbonyl (C=O) groups is 2. The standard InChI is InChI=1S/C26H34N4O5S2/c1-5-8-15-29(6-2)37(33,34)22-12-9-20(10-13-22)25(32)28-26-30(16-17-35-7-3)23-14-11-21(27-19(4)31)18-24(23)36-26/h9-14,18H,5-8,15-17H2,1-4H3,(H,27,31). The number of hydrogen-bond donors (Lipinski definition) is 1. The van der Waals surface area contributed by atoms with E-state index in [2.05, 4.69) is 10.3 Å². The highest BCUT2D eigenvalue weighted by molar-refractivity contribution is 7.89. The van der Waals surface area contributed by atoms with Gasteiger partial charge in [-0.1, -0.05) is 31.6 Å². The number of hydrogen-bond acceptors (Lipinski definition) is 6. The highest BCUT2D eigenvalue weighted by Crippen LogP contribution is 2.23. The monoisotopic (exact) mass is 546 g/mol. The van der Waals surface area contributed by atoms with Gasteiger partial charge in [-0.15, -0.1) is 0 Å². The Hall–Kier alpha value is -2.86. The minimum Gasteiger partial charge on any atom is -0.380 e. The van der Waals surface area contributed by atoms with Gasteiger partial charge in [-0.25, -0.2) is 8.42 Å². The first kappa shape index (κ1) is 28.7. The number of fused-ring (bicyclic) bond motifs is 1. The minimum atomic E-state index is -3.63. The molecule has 1 heterocycles. The second-order valence-corrected chi connectivity index (χ2v) is 11.3. The van der Waals surface area contributed by atoms with Crippen molar-refractivity contribution in [1.82, 2.24) is 8.87 Å². The lowest BCUT2D eigenvalue weighted by atomic mass is 10.2. The van der Waals surface area contributed by atoms with Gasteiger partial charge in [0.2, 0.25) is 15.9 Å². The lowest BCUT2D eigenvalue weighted by Gasteiger charge is -2.20. The van der Waals surface area contributed by atoms with Crippen LogP contribution >= 0.6 is 11.3 Å². The summed E-state index contributed by atoms with van der Waals surface area (Å²) in [5, 5.41) is 2.77. The number of rotatable bonds is 12. The fraction of sp³-hybridized carbons (Fsp3) is 0.423. The van der Waals surface area contributed by atoms with Crippen LogP contribution in [0, 0.1) is 0 Å². The Morgan fingerprint density at radius 2 is 1.84 bits per heavy atom. The number of sulfonamides is 1. The molecule has 0 bridgehead atoms. The van der Waals surface area contributed by atoms with Crippen LogP contribution in [-0.2, 0) is 26.1 Å². The normalized spacial score (nSPS) is 12.4. The van der Waals surface area contributed by atoms with Crippen LogP contribution in [0.5, 0.6) is 0 Å². The van der Waals surface area contributed by atoms with Gasteiger partial charge < -0.3 is 14.6 Å². The smallest absolute Gasteiger partial charge is 0.279 e. The van der Waals surface area contributed by atoms with Gasteiger partial charge in [0.15, 0.2) is 4.80 Å². The number of nitrogens with one attached hydrogen (secondary N) is 1. The molecule has 2 amide bonds. The summed E-state index contributed by atoms with van der Waals surface area (Å²) in [7, 11) is -3.63. The van der Waals surface area contributed by atoms with E-state index >= 15 is 0 Å². The number of amides is 2. The van der Waals surface area contributed by atoms with Gasteiger partial charge in [0, 0.05) is 44.4 Å². The Bertz CT molecular complexity index is 1410. The molecule has 0 aliphatic heterocycles. The summed E-state index contributed by atoms with van der Waals surface area (Å²) in [5.74, 6) is -0.640. The van der Waals surface area contributed by atoms with Crippen LogP contribution in [0.15, 0.2) is 52.4 Å². The first-order valence-corrected chi connectivity index (χ1v) is 14.6. The molecule has 2 aromatic carbocycles. The topological polar surface area (TPSA) is 110 Å². The number of aromatic nitrogens is 1. The number of anilines is 1. The third kappa shape index (κ3) is 7.13. The predicted molar refractivity (Wildman–Crippen MR) is 146 cm³/mol. The lowest BCUT2D eigenvalue weighted by Crippen LogP contribution is -2.31. The molecule has 0 fully saturated rings. The maximum atomic E-state index is 13.1. The van der Waals surface area contributed by atoms with Crippen molar-refractivity contribution in [3.05, 3.63) is 52.8 Å². The summed E-state index contributed by atoms with van der Waals surface area (Å²) in [6.45, 7) is 9.57. The fourth-order valence-corrected chi connectivity index (χ4v) is 6.39. The minimum absolute atomic E-state index is 0.154. The van der Waals surface area contributed by atoms with Crippen molar-refractivity contribution in [3.8, 4) is 0 Å². The zero-order valence-electron chi connectivity index (χ0n) is 21.7.